The minimum atomic E-state index is 0.844. The van der Waals surface area contributed by atoms with Crippen LogP contribution in [0, 0.1) is 0 Å². The minimum Gasteiger partial charge on any atom is -0.278 e. The molecule has 1 N–H and O–H groups in total. The van der Waals surface area contributed by atoms with Crippen LogP contribution in [0.25, 0.3) is 23.9 Å². The van der Waals surface area contributed by atoms with Crippen LogP contribution >= 0.6 is 0 Å². The lowest BCUT2D eigenvalue weighted by molar-refractivity contribution is 1.07. The van der Waals surface area contributed by atoms with Gasteiger partial charge < -0.3 is 0 Å². The second-order valence-corrected chi connectivity index (χ2v) is 3.52. The van der Waals surface area contributed by atoms with E-state index >= 15 is 0 Å². The molecule has 1 heterocycles. The van der Waals surface area contributed by atoms with Crippen molar-refractivity contribution in [3.8, 4) is 11.3 Å². The molecule has 0 aliphatic carbocycles. The highest BCUT2D eigenvalue weighted by molar-refractivity contribution is 5.62. The summed E-state index contributed by atoms with van der Waals surface area (Å²) in [5.74, 6) is 0. The molecule has 0 fully saturated rings. The topological polar surface area (TPSA) is 28.7 Å². The standard InChI is InChI=1S/C14H14N2/c1-3-4-10-13-11(2)15-16-14(13)12-8-6-5-7-9-12/h3-10,15H,2H2,1H3. The Balaban J connectivity index is 2.64. The first-order valence-electron chi connectivity index (χ1n) is 5.24. The quantitative estimate of drug-likeness (QED) is 0.805. The molecule has 0 amide bonds. The van der Waals surface area contributed by atoms with Gasteiger partial charge in [-0.25, -0.2) is 0 Å². The number of allylic oxidation sites excluding steroid dienone is 2. The average Bonchev–Trinajstić information content (AvgIpc) is 2.69. The lowest BCUT2D eigenvalue weighted by atomic mass is 10.1. The predicted molar refractivity (Wildman–Crippen MR) is 68.1 cm³/mol. The third-order valence-electron chi connectivity index (χ3n) is 2.39. The summed E-state index contributed by atoms with van der Waals surface area (Å²) in [5, 5.41) is 9.09. The highest BCUT2D eigenvalue weighted by atomic mass is 15.1. The van der Waals surface area contributed by atoms with Gasteiger partial charge in [0.2, 0.25) is 0 Å². The zero-order valence-corrected chi connectivity index (χ0v) is 9.27. The number of nitrogens with zero attached hydrogens (tertiary/aromatic N) is 1. The molecule has 0 aliphatic rings. The molecule has 2 nitrogen and oxygen atoms in total. The van der Waals surface area contributed by atoms with Crippen molar-refractivity contribution in [2.24, 2.45) is 0 Å². The molecule has 0 bridgehead atoms. The van der Waals surface area contributed by atoms with Crippen molar-refractivity contribution in [1.29, 1.82) is 0 Å². The Hall–Kier alpha value is -2.09. The van der Waals surface area contributed by atoms with Crippen LogP contribution in [0.3, 0.4) is 0 Å². The number of benzene rings is 1. The lowest BCUT2D eigenvalue weighted by Crippen LogP contribution is -2.21. The summed E-state index contributed by atoms with van der Waals surface area (Å²) in [6.45, 7) is 5.92. The Labute approximate surface area is 94.6 Å². The molecule has 0 unspecified atom stereocenters. The summed E-state index contributed by atoms with van der Waals surface area (Å²) in [6.07, 6.45) is 6.00. The summed E-state index contributed by atoms with van der Waals surface area (Å²) in [7, 11) is 0. The fourth-order valence-corrected chi connectivity index (χ4v) is 1.57. The maximum atomic E-state index is 4.29. The first-order valence-corrected chi connectivity index (χ1v) is 5.24. The molecule has 0 atom stereocenters. The van der Waals surface area contributed by atoms with Gasteiger partial charge in [-0.3, -0.25) is 5.10 Å². The molecule has 0 saturated heterocycles. The van der Waals surface area contributed by atoms with Crippen molar-refractivity contribution in [3.63, 3.8) is 0 Å². The molecular formula is C14H14N2. The Bertz CT molecular complexity index is 591. The maximum Gasteiger partial charge on any atom is 0.0999 e. The molecule has 2 aromatic rings. The monoisotopic (exact) mass is 210 g/mol. The number of hydrogen-bond donors (Lipinski definition) is 1. The first-order chi connectivity index (χ1) is 7.83. The molecular weight excluding hydrogens is 196 g/mol. The van der Waals surface area contributed by atoms with Gasteiger partial charge in [0.1, 0.15) is 0 Å². The third kappa shape index (κ3) is 1.96. The van der Waals surface area contributed by atoms with E-state index in [9.17, 15) is 0 Å². The van der Waals surface area contributed by atoms with E-state index in [4.69, 9.17) is 0 Å². The van der Waals surface area contributed by atoms with Gasteiger partial charge in [-0.15, -0.1) is 0 Å². The van der Waals surface area contributed by atoms with E-state index in [2.05, 4.69) is 16.8 Å². The van der Waals surface area contributed by atoms with Crippen molar-refractivity contribution in [2.75, 3.05) is 0 Å². The van der Waals surface area contributed by atoms with Gasteiger partial charge in [0.15, 0.2) is 0 Å². The van der Waals surface area contributed by atoms with Crippen LogP contribution in [0.1, 0.15) is 6.92 Å². The highest BCUT2D eigenvalue weighted by Crippen LogP contribution is 2.09. The van der Waals surface area contributed by atoms with E-state index in [-0.39, 0.29) is 0 Å². The van der Waals surface area contributed by atoms with Gasteiger partial charge in [-0.1, -0.05) is 55.1 Å². The molecule has 0 radical (unpaired) electrons. The van der Waals surface area contributed by atoms with Gasteiger partial charge in [-0.2, -0.15) is 5.10 Å². The van der Waals surface area contributed by atoms with Crippen LogP contribution in [0.5, 0.6) is 0 Å². The third-order valence-corrected chi connectivity index (χ3v) is 2.39. The molecule has 2 rings (SSSR count). The van der Waals surface area contributed by atoms with E-state index < -0.39 is 0 Å². The SMILES string of the molecule is C=c1[nH]nc(-c2ccccc2)c1=CC=CC. The van der Waals surface area contributed by atoms with Crippen LogP contribution in [-0.2, 0) is 0 Å². The summed E-state index contributed by atoms with van der Waals surface area (Å²) in [4.78, 5) is 0. The summed E-state index contributed by atoms with van der Waals surface area (Å²) in [6, 6.07) is 10.1. The molecule has 1 aromatic heterocycles. The molecule has 80 valence electrons. The van der Waals surface area contributed by atoms with Gasteiger partial charge in [0.25, 0.3) is 0 Å². The summed E-state index contributed by atoms with van der Waals surface area (Å²) < 4.78 is 0. The number of aromatic amines is 1. The first kappa shape index (κ1) is 10.4. The predicted octanol–water partition coefficient (Wildman–Crippen LogP) is 1.84. The Morgan fingerprint density at radius 2 is 2.00 bits per heavy atom. The van der Waals surface area contributed by atoms with E-state index in [1.165, 1.54) is 0 Å². The fourth-order valence-electron chi connectivity index (χ4n) is 1.57. The average molecular weight is 210 g/mol. The van der Waals surface area contributed by atoms with Crippen molar-refractivity contribution in [2.45, 2.75) is 6.92 Å². The fraction of sp³-hybridized carbons (Fsp3) is 0.0714. The Morgan fingerprint density at radius 3 is 2.69 bits per heavy atom. The number of H-pyrrole nitrogens is 1. The minimum absolute atomic E-state index is 0.844. The second-order valence-electron chi connectivity index (χ2n) is 3.52. The summed E-state index contributed by atoms with van der Waals surface area (Å²) in [5.41, 5.74) is 2.05. The zero-order chi connectivity index (χ0) is 11.4. The van der Waals surface area contributed by atoms with Crippen LogP contribution in [-0.4, -0.2) is 10.2 Å². The smallest absolute Gasteiger partial charge is 0.0999 e. The molecule has 0 aliphatic heterocycles. The van der Waals surface area contributed by atoms with Gasteiger partial charge in [0, 0.05) is 10.8 Å². The van der Waals surface area contributed by atoms with Crippen LogP contribution < -0.4 is 10.6 Å². The van der Waals surface area contributed by atoms with Gasteiger partial charge in [0.05, 0.1) is 11.0 Å². The molecule has 2 heteroatoms. The lowest BCUT2D eigenvalue weighted by Gasteiger charge is -1.94. The van der Waals surface area contributed by atoms with Crippen molar-refractivity contribution in [3.05, 3.63) is 53.1 Å². The number of nitrogens with one attached hydrogen (secondary N) is 1. The maximum absolute atomic E-state index is 4.29. The summed E-state index contributed by atoms with van der Waals surface area (Å²) >= 11 is 0. The largest absolute Gasteiger partial charge is 0.278 e. The van der Waals surface area contributed by atoms with E-state index in [0.717, 1.165) is 21.8 Å². The van der Waals surface area contributed by atoms with Gasteiger partial charge in [-0.05, 0) is 6.92 Å². The molecule has 16 heavy (non-hydrogen) atoms. The van der Waals surface area contributed by atoms with Crippen molar-refractivity contribution < 1.29 is 0 Å². The Morgan fingerprint density at radius 1 is 1.25 bits per heavy atom. The van der Waals surface area contributed by atoms with Crippen LogP contribution in [0.15, 0.2) is 42.5 Å². The van der Waals surface area contributed by atoms with Gasteiger partial charge >= 0.3 is 0 Å². The second kappa shape index (κ2) is 4.62. The van der Waals surface area contributed by atoms with E-state index in [1.54, 1.807) is 0 Å². The normalized spacial score (nSPS) is 12.4. The van der Waals surface area contributed by atoms with E-state index in [1.807, 2.05) is 55.5 Å². The molecule has 0 saturated carbocycles. The number of rotatable bonds is 2. The molecule has 0 spiro atoms. The molecule has 1 aromatic carbocycles. The van der Waals surface area contributed by atoms with Crippen molar-refractivity contribution in [1.82, 2.24) is 10.2 Å². The van der Waals surface area contributed by atoms with Crippen LogP contribution in [0.2, 0.25) is 0 Å². The number of hydrogen-bond acceptors (Lipinski definition) is 1. The van der Waals surface area contributed by atoms with Crippen molar-refractivity contribution >= 4 is 12.7 Å². The number of aromatic nitrogens is 2. The van der Waals surface area contributed by atoms with E-state index in [0.29, 0.717) is 0 Å². The highest BCUT2D eigenvalue weighted by Gasteiger charge is 2.02. The Kier molecular flexibility index (Phi) is 3.01. The zero-order valence-electron chi connectivity index (χ0n) is 9.27. The van der Waals surface area contributed by atoms with Crippen LogP contribution in [0.4, 0.5) is 0 Å².